The summed E-state index contributed by atoms with van der Waals surface area (Å²) in [7, 11) is -0.726. The molecule has 0 bridgehead atoms. The molecule has 0 fully saturated rings. The Morgan fingerprint density at radius 3 is 2.24 bits per heavy atom. The lowest BCUT2D eigenvalue weighted by atomic mass is 10.2. The molecule has 0 aliphatic rings. The molecule has 0 unspecified atom stereocenters. The standard InChI is InChI=1S/C24H26N2O6S/c1-16-5-7-18(8-6-16)26-33(28,29)20-10-12-22(17(2)13-20)32-15-24(27)25-21-11-9-19(30-3)14-23(21)31-4/h5-14,26H,15H2,1-4H3,(H,25,27). The molecule has 8 nitrogen and oxygen atoms in total. The molecule has 3 aromatic carbocycles. The number of hydrogen-bond donors (Lipinski definition) is 2. The van der Waals surface area contributed by atoms with Crippen LogP contribution < -0.4 is 24.2 Å². The molecule has 0 radical (unpaired) electrons. The minimum absolute atomic E-state index is 0.0975. The van der Waals surface area contributed by atoms with Crippen LogP contribution in [0.4, 0.5) is 11.4 Å². The summed E-state index contributed by atoms with van der Waals surface area (Å²) in [6.07, 6.45) is 0. The summed E-state index contributed by atoms with van der Waals surface area (Å²) < 4.78 is 43.9. The number of carbonyl (C=O) groups excluding carboxylic acids is 1. The average molecular weight is 471 g/mol. The lowest BCUT2D eigenvalue weighted by Crippen LogP contribution is -2.21. The van der Waals surface area contributed by atoms with Crippen molar-refractivity contribution in [3.63, 3.8) is 0 Å². The van der Waals surface area contributed by atoms with Gasteiger partial charge in [0, 0.05) is 11.8 Å². The van der Waals surface area contributed by atoms with Gasteiger partial charge >= 0.3 is 0 Å². The molecule has 0 saturated heterocycles. The van der Waals surface area contributed by atoms with Crippen LogP contribution in [-0.4, -0.2) is 35.2 Å². The summed E-state index contributed by atoms with van der Waals surface area (Å²) in [5, 5.41) is 2.72. The lowest BCUT2D eigenvalue weighted by molar-refractivity contribution is -0.118. The van der Waals surface area contributed by atoms with Gasteiger partial charge in [-0.25, -0.2) is 8.42 Å². The van der Waals surface area contributed by atoms with E-state index in [1.54, 1.807) is 37.3 Å². The summed E-state index contributed by atoms with van der Waals surface area (Å²) >= 11 is 0. The number of sulfonamides is 1. The van der Waals surface area contributed by atoms with Crippen LogP contribution in [0.15, 0.2) is 65.6 Å². The second-order valence-corrected chi connectivity index (χ2v) is 8.98. The van der Waals surface area contributed by atoms with E-state index in [0.29, 0.717) is 34.2 Å². The molecule has 33 heavy (non-hydrogen) atoms. The van der Waals surface area contributed by atoms with Gasteiger partial charge in [-0.3, -0.25) is 9.52 Å². The van der Waals surface area contributed by atoms with Gasteiger partial charge in [-0.15, -0.1) is 0 Å². The monoisotopic (exact) mass is 470 g/mol. The van der Waals surface area contributed by atoms with E-state index in [0.717, 1.165) is 5.56 Å². The molecule has 9 heteroatoms. The van der Waals surface area contributed by atoms with Gasteiger partial charge in [-0.1, -0.05) is 17.7 Å². The number of hydrogen-bond acceptors (Lipinski definition) is 6. The Labute approximate surface area is 193 Å². The number of benzene rings is 3. The second kappa shape index (κ2) is 10.3. The Bertz CT molecular complexity index is 1240. The van der Waals surface area contributed by atoms with Crippen molar-refractivity contribution < 1.29 is 27.4 Å². The van der Waals surface area contributed by atoms with E-state index in [9.17, 15) is 13.2 Å². The van der Waals surface area contributed by atoms with Crippen LogP contribution in [0, 0.1) is 13.8 Å². The number of rotatable bonds is 9. The van der Waals surface area contributed by atoms with E-state index in [-0.39, 0.29) is 11.5 Å². The van der Waals surface area contributed by atoms with Crippen molar-refractivity contribution in [3.05, 3.63) is 71.8 Å². The number of amides is 1. The number of ether oxygens (including phenoxy) is 3. The number of carbonyl (C=O) groups is 1. The van der Waals surface area contributed by atoms with E-state index in [1.807, 2.05) is 19.1 Å². The molecule has 2 N–H and O–H groups in total. The van der Waals surface area contributed by atoms with Gasteiger partial charge in [-0.2, -0.15) is 0 Å². The quantitative estimate of drug-likeness (QED) is 0.487. The van der Waals surface area contributed by atoms with Crippen LogP contribution in [0.25, 0.3) is 0 Å². The Hall–Kier alpha value is -3.72. The van der Waals surface area contributed by atoms with Crippen molar-refractivity contribution in [2.45, 2.75) is 18.7 Å². The van der Waals surface area contributed by atoms with E-state index in [4.69, 9.17) is 14.2 Å². The normalized spacial score (nSPS) is 10.9. The molecule has 0 heterocycles. The van der Waals surface area contributed by atoms with E-state index in [2.05, 4.69) is 10.0 Å². The maximum absolute atomic E-state index is 12.7. The van der Waals surface area contributed by atoms with Crippen molar-refractivity contribution in [1.29, 1.82) is 0 Å². The van der Waals surface area contributed by atoms with Gasteiger partial charge in [0.2, 0.25) is 0 Å². The topological polar surface area (TPSA) is 103 Å². The number of methoxy groups -OCH3 is 2. The number of aryl methyl sites for hydroxylation is 2. The SMILES string of the molecule is COc1ccc(NC(=O)COc2ccc(S(=O)(=O)Nc3ccc(C)cc3)cc2C)c(OC)c1. The first-order valence-electron chi connectivity index (χ1n) is 10.1. The van der Waals surface area contributed by atoms with Gasteiger partial charge in [0.25, 0.3) is 15.9 Å². The molecule has 0 atom stereocenters. The average Bonchev–Trinajstić information content (AvgIpc) is 2.79. The first kappa shape index (κ1) is 23.9. The molecule has 1 amide bonds. The van der Waals surface area contributed by atoms with E-state index < -0.39 is 15.9 Å². The zero-order valence-electron chi connectivity index (χ0n) is 18.8. The lowest BCUT2D eigenvalue weighted by Gasteiger charge is -2.14. The minimum Gasteiger partial charge on any atom is -0.497 e. The summed E-state index contributed by atoms with van der Waals surface area (Å²) in [5.74, 6) is 1.06. The highest BCUT2D eigenvalue weighted by Crippen LogP contribution is 2.29. The van der Waals surface area contributed by atoms with E-state index in [1.165, 1.54) is 32.4 Å². The van der Waals surface area contributed by atoms with Gasteiger partial charge < -0.3 is 19.5 Å². The molecule has 174 valence electrons. The van der Waals surface area contributed by atoms with Crippen molar-refractivity contribution in [3.8, 4) is 17.2 Å². The highest BCUT2D eigenvalue weighted by atomic mass is 32.2. The second-order valence-electron chi connectivity index (χ2n) is 7.30. The molecule has 0 aromatic heterocycles. The fraction of sp³-hybridized carbons (Fsp3) is 0.208. The fourth-order valence-electron chi connectivity index (χ4n) is 3.02. The van der Waals surface area contributed by atoms with Crippen LogP contribution in [0.1, 0.15) is 11.1 Å². The zero-order valence-corrected chi connectivity index (χ0v) is 19.7. The van der Waals surface area contributed by atoms with Gasteiger partial charge in [-0.05, 0) is 61.9 Å². The number of anilines is 2. The maximum Gasteiger partial charge on any atom is 0.262 e. The van der Waals surface area contributed by atoms with Crippen LogP contribution in [0.2, 0.25) is 0 Å². The van der Waals surface area contributed by atoms with Gasteiger partial charge in [0.1, 0.15) is 17.2 Å². The molecule has 0 saturated carbocycles. The predicted octanol–water partition coefficient (Wildman–Crippen LogP) is 4.14. The molecule has 3 aromatic rings. The molecule has 0 aliphatic heterocycles. The molecular weight excluding hydrogens is 444 g/mol. The smallest absolute Gasteiger partial charge is 0.262 e. The van der Waals surface area contributed by atoms with Crippen LogP contribution >= 0.6 is 0 Å². The third kappa shape index (κ3) is 6.17. The Morgan fingerprint density at radius 2 is 1.61 bits per heavy atom. The summed E-state index contributed by atoms with van der Waals surface area (Å²) in [6.45, 7) is 3.38. The molecule has 0 aliphatic carbocycles. The Kier molecular flexibility index (Phi) is 7.44. The molecule has 0 spiro atoms. The highest BCUT2D eigenvalue weighted by molar-refractivity contribution is 7.92. The third-order valence-electron chi connectivity index (χ3n) is 4.80. The summed E-state index contributed by atoms with van der Waals surface area (Å²) in [6, 6.07) is 16.5. The highest BCUT2D eigenvalue weighted by Gasteiger charge is 2.16. The summed E-state index contributed by atoms with van der Waals surface area (Å²) in [5.41, 5.74) is 2.57. The van der Waals surface area contributed by atoms with Gasteiger partial charge in [0.05, 0.1) is 24.8 Å². The number of nitrogens with one attached hydrogen (secondary N) is 2. The minimum atomic E-state index is -3.76. The largest absolute Gasteiger partial charge is 0.497 e. The van der Waals surface area contributed by atoms with Crippen LogP contribution in [0.3, 0.4) is 0 Å². The van der Waals surface area contributed by atoms with E-state index >= 15 is 0 Å². The molecule has 3 rings (SSSR count). The van der Waals surface area contributed by atoms with Gasteiger partial charge in [0.15, 0.2) is 6.61 Å². The maximum atomic E-state index is 12.7. The zero-order chi connectivity index (χ0) is 24.0. The Morgan fingerprint density at radius 1 is 0.879 bits per heavy atom. The molecular formula is C24H26N2O6S. The first-order valence-corrected chi connectivity index (χ1v) is 11.5. The van der Waals surface area contributed by atoms with Crippen molar-refractivity contribution in [2.75, 3.05) is 30.9 Å². The third-order valence-corrected chi connectivity index (χ3v) is 6.18. The predicted molar refractivity (Wildman–Crippen MR) is 127 cm³/mol. The Balaban J connectivity index is 1.64. The van der Waals surface area contributed by atoms with Crippen LogP contribution in [0.5, 0.6) is 17.2 Å². The van der Waals surface area contributed by atoms with Crippen molar-refractivity contribution in [2.24, 2.45) is 0 Å². The van der Waals surface area contributed by atoms with Crippen molar-refractivity contribution in [1.82, 2.24) is 0 Å². The van der Waals surface area contributed by atoms with Crippen LogP contribution in [-0.2, 0) is 14.8 Å². The van der Waals surface area contributed by atoms with Crippen molar-refractivity contribution >= 4 is 27.3 Å². The first-order chi connectivity index (χ1) is 15.7. The fourth-order valence-corrected chi connectivity index (χ4v) is 4.16. The summed E-state index contributed by atoms with van der Waals surface area (Å²) in [4.78, 5) is 12.4.